The van der Waals surface area contributed by atoms with Gasteiger partial charge in [-0.15, -0.1) is 0 Å². The third kappa shape index (κ3) is 4.12. The second-order valence-corrected chi connectivity index (χ2v) is 7.73. The molecular weight excluding hydrogens is 414 g/mol. The fourth-order valence-electron chi connectivity index (χ4n) is 4.11. The second kappa shape index (κ2) is 8.90. The van der Waals surface area contributed by atoms with E-state index in [1.165, 1.54) is 26.0 Å². The van der Waals surface area contributed by atoms with E-state index in [2.05, 4.69) is 0 Å². The molecule has 1 heterocycles. The van der Waals surface area contributed by atoms with Crippen LogP contribution in [-0.4, -0.2) is 40.6 Å². The van der Waals surface area contributed by atoms with Crippen LogP contribution >= 0.6 is 0 Å². The standard InChI is InChI=1S/C24H27NO7/c1-6-22(29)25(7-2)23-24(5,18-12-16(30-14(3)26)8-10-20(18)28)19-13-17(31-15(4)27)9-11-21(19)32-23/h8-13,23,28H,6-7H2,1-5H3. The van der Waals surface area contributed by atoms with E-state index >= 15 is 0 Å². The van der Waals surface area contributed by atoms with Crippen molar-refractivity contribution < 1.29 is 33.7 Å². The Balaban J connectivity index is 2.24. The number of hydrogen-bond acceptors (Lipinski definition) is 7. The molecule has 3 rings (SSSR count). The van der Waals surface area contributed by atoms with Crippen molar-refractivity contribution in [2.24, 2.45) is 0 Å². The average Bonchev–Trinajstić information content (AvgIpc) is 3.02. The van der Waals surface area contributed by atoms with E-state index in [1.54, 1.807) is 36.1 Å². The zero-order chi connectivity index (χ0) is 23.6. The van der Waals surface area contributed by atoms with Crippen molar-refractivity contribution in [1.82, 2.24) is 4.90 Å². The van der Waals surface area contributed by atoms with Gasteiger partial charge in [0, 0.05) is 37.9 Å². The summed E-state index contributed by atoms with van der Waals surface area (Å²) in [6.07, 6.45) is -0.515. The Morgan fingerprint density at radius 1 is 1.00 bits per heavy atom. The predicted molar refractivity (Wildman–Crippen MR) is 116 cm³/mol. The highest BCUT2D eigenvalue weighted by molar-refractivity contribution is 5.77. The maximum atomic E-state index is 12.8. The van der Waals surface area contributed by atoms with Gasteiger partial charge in [-0.2, -0.15) is 0 Å². The number of fused-ring (bicyclic) bond motifs is 1. The van der Waals surface area contributed by atoms with Crippen molar-refractivity contribution in [2.45, 2.75) is 52.7 Å². The molecular formula is C24H27NO7. The number of carbonyl (C=O) groups excluding carboxylic acids is 3. The normalized spacial score (nSPS) is 19.0. The number of carbonyl (C=O) groups is 3. The largest absolute Gasteiger partial charge is 0.508 e. The summed E-state index contributed by atoms with van der Waals surface area (Å²) in [6.45, 7) is 8.41. The van der Waals surface area contributed by atoms with Crippen molar-refractivity contribution in [2.75, 3.05) is 6.54 Å². The number of phenols is 1. The Labute approximate surface area is 186 Å². The minimum absolute atomic E-state index is 0.0530. The van der Waals surface area contributed by atoms with E-state index in [0.29, 0.717) is 29.2 Å². The van der Waals surface area contributed by atoms with E-state index < -0.39 is 23.6 Å². The van der Waals surface area contributed by atoms with Crippen LogP contribution in [0.5, 0.6) is 23.0 Å². The molecule has 1 aliphatic heterocycles. The second-order valence-electron chi connectivity index (χ2n) is 7.73. The van der Waals surface area contributed by atoms with Gasteiger partial charge in [0.2, 0.25) is 5.91 Å². The first-order chi connectivity index (χ1) is 15.1. The molecule has 170 valence electrons. The molecule has 32 heavy (non-hydrogen) atoms. The molecule has 8 nitrogen and oxygen atoms in total. The summed E-state index contributed by atoms with van der Waals surface area (Å²) < 4.78 is 16.7. The lowest BCUT2D eigenvalue weighted by atomic mass is 9.74. The lowest BCUT2D eigenvalue weighted by molar-refractivity contribution is -0.140. The number of likely N-dealkylation sites (N-methyl/N-ethyl adjacent to an activating group) is 1. The molecule has 2 unspecified atom stereocenters. The number of benzene rings is 2. The third-order valence-corrected chi connectivity index (χ3v) is 5.54. The molecule has 0 aromatic heterocycles. The summed E-state index contributed by atoms with van der Waals surface area (Å²) in [4.78, 5) is 37.3. The minimum Gasteiger partial charge on any atom is -0.508 e. The Hall–Kier alpha value is -3.55. The molecule has 1 aliphatic rings. The lowest BCUT2D eigenvalue weighted by Gasteiger charge is -2.38. The van der Waals surface area contributed by atoms with Gasteiger partial charge < -0.3 is 24.2 Å². The van der Waals surface area contributed by atoms with Gasteiger partial charge in [0.1, 0.15) is 23.0 Å². The van der Waals surface area contributed by atoms with Gasteiger partial charge in [-0.1, -0.05) is 6.92 Å². The Morgan fingerprint density at radius 2 is 1.56 bits per heavy atom. The number of aromatic hydroxyl groups is 1. The smallest absolute Gasteiger partial charge is 0.308 e. The fraction of sp³-hybridized carbons (Fsp3) is 0.375. The summed E-state index contributed by atoms with van der Waals surface area (Å²) in [7, 11) is 0. The average molecular weight is 441 g/mol. The number of amides is 1. The van der Waals surface area contributed by atoms with Crippen molar-refractivity contribution in [1.29, 1.82) is 0 Å². The van der Waals surface area contributed by atoms with Crippen LogP contribution < -0.4 is 14.2 Å². The maximum Gasteiger partial charge on any atom is 0.308 e. The van der Waals surface area contributed by atoms with Crippen molar-refractivity contribution >= 4 is 17.8 Å². The highest BCUT2D eigenvalue weighted by atomic mass is 16.5. The summed E-state index contributed by atoms with van der Waals surface area (Å²) in [5.41, 5.74) is -0.0340. The topological polar surface area (TPSA) is 102 Å². The zero-order valence-electron chi connectivity index (χ0n) is 18.8. The van der Waals surface area contributed by atoms with E-state index in [-0.39, 0.29) is 23.8 Å². The molecule has 2 aromatic carbocycles. The van der Waals surface area contributed by atoms with Crippen LogP contribution in [0.1, 0.15) is 52.2 Å². The Morgan fingerprint density at radius 3 is 2.09 bits per heavy atom. The summed E-state index contributed by atoms with van der Waals surface area (Å²) >= 11 is 0. The molecule has 2 atom stereocenters. The molecule has 1 amide bonds. The van der Waals surface area contributed by atoms with Crippen LogP contribution in [0, 0.1) is 0 Å². The molecule has 0 radical (unpaired) electrons. The number of hydrogen-bond donors (Lipinski definition) is 1. The first-order valence-electron chi connectivity index (χ1n) is 10.4. The van der Waals surface area contributed by atoms with Gasteiger partial charge in [0.05, 0.1) is 5.41 Å². The monoisotopic (exact) mass is 441 g/mol. The number of esters is 2. The van der Waals surface area contributed by atoms with Gasteiger partial charge in [0.25, 0.3) is 0 Å². The van der Waals surface area contributed by atoms with Gasteiger partial charge in [-0.05, 0) is 50.2 Å². The van der Waals surface area contributed by atoms with Gasteiger partial charge in [-0.3, -0.25) is 14.4 Å². The molecule has 0 bridgehead atoms. The highest BCUT2D eigenvalue weighted by Crippen LogP contribution is 2.52. The van der Waals surface area contributed by atoms with Crippen LogP contribution in [0.15, 0.2) is 36.4 Å². The fourth-order valence-corrected chi connectivity index (χ4v) is 4.11. The first kappa shape index (κ1) is 23.1. The molecule has 0 saturated carbocycles. The minimum atomic E-state index is -1.06. The maximum absolute atomic E-state index is 12.8. The van der Waals surface area contributed by atoms with Crippen LogP contribution in [0.3, 0.4) is 0 Å². The molecule has 2 aromatic rings. The Kier molecular flexibility index (Phi) is 6.43. The van der Waals surface area contributed by atoms with Crippen LogP contribution in [0.4, 0.5) is 0 Å². The summed E-state index contributed by atoms with van der Waals surface area (Å²) in [5.74, 6) is -0.0896. The van der Waals surface area contributed by atoms with Crippen molar-refractivity contribution in [3.63, 3.8) is 0 Å². The third-order valence-electron chi connectivity index (χ3n) is 5.54. The SMILES string of the molecule is CCC(=O)N(CC)C1Oc2ccc(OC(C)=O)cc2C1(C)c1cc(OC(C)=O)ccc1O. The predicted octanol–water partition coefficient (Wildman–Crippen LogP) is 3.53. The van der Waals surface area contributed by atoms with Gasteiger partial charge in [0.15, 0.2) is 6.23 Å². The van der Waals surface area contributed by atoms with Crippen LogP contribution in [-0.2, 0) is 19.8 Å². The van der Waals surface area contributed by atoms with E-state index in [4.69, 9.17) is 14.2 Å². The first-order valence-corrected chi connectivity index (χ1v) is 10.4. The van der Waals surface area contributed by atoms with Gasteiger partial charge in [-0.25, -0.2) is 0 Å². The number of phenolic OH excluding ortho intramolecular Hbond substituents is 1. The molecule has 0 fully saturated rings. The number of rotatable bonds is 6. The van der Waals surface area contributed by atoms with E-state index in [1.807, 2.05) is 13.8 Å². The number of ether oxygens (including phenoxy) is 3. The Bertz CT molecular complexity index is 1060. The van der Waals surface area contributed by atoms with Crippen LogP contribution in [0.2, 0.25) is 0 Å². The lowest BCUT2D eigenvalue weighted by Crippen LogP contribution is -2.52. The van der Waals surface area contributed by atoms with Crippen molar-refractivity contribution in [3.05, 3.63) is 47.5 Å². The number of nitrogens with zero attached hydrogens (tertiary/aromatic N) is 1. The van der Waals surface area contributed by atoms with E-state index in [9.17, 15) is 19.5 Å². The van der Waals surface area contributed by atoms with E-state index in [0.717, 1.165) is 0 Å². The molecule has 0 saturated heterocycles. The molecule has 8 heteroatoms. The molecule has 1 N–H and O–H groups in total. The highest BCUT2D eigenvalue weighted by Gasteiger charge is 2.52. The van der Waals surface area contributed by atoms with Crippen molar-refractivity contribution in [3.8, 4) is 23.0 Å². The summed E-state index contributed by atoms with van der Waals surface area (Å²) in [5, 5.41) is 10.8. The zero-order valence-corrected chi connectivity index (χ0v) is 18.8. The molecule has 0 aliphatic carbocycles. The summed E-state index contributed by atoms with van der Waals surface area (Å²) in [6, 6.07) is 9.42. The van der Waals surface area contributed by atoms with Gasteiger partial charge >= 0.3 is 11.9 Å². The molecule has 0 spiro atoms. The quantitative estimate of drug-likeness (QED) is 0.540. The van der Waals surface area contributed by atoms with Crippen LogP contribution in [0.25, 0.3) is 0 Å².